The number of nitro benzene ring substituents is 1. The molecule has 1 aliphatic heterocycles. The monoisotopic (exact) mass is 429 g/mol. The molecule has 0 unspecified atom stereocenters. The standard InChI is InChI=1S/C22H31N5O4/c1-22(2,3)31-21(28)24(4)13-15-6-5-11-25(14-15)20-17-12-23-26(16-7-8-16)18(17)9-10-19(20)27(29)30/h9-10,12,15-16H,5-8,11,13-14H2,1-4H3/t15-/m0/s1. The molecule has 0 radical (unpaired) electrons. The van der Waals surface area contributed by atoms with Gasteiger partial charge in [0.2, 0.25) is 0 Å². The SMILES string of the molecule is CN(C[C@@H]1CCCN(c2c([N+](=O)[O-])ccc3c2cnn3C2CC2)C1)C(=O)OC(C)(C)C. The highest BCUT2D eigenvalue weighted by Gasteiger charge is 2.32. The van der Waals surface area contributed by atoms with Crippen molar-refractivity contribution in [2.45, 2.75) is 58.1 Å². The summed E-state index contributed by atoms with van der Waals surface area (Å²) in [5, 5.41) is 17.2. The van der Waals surface area contributed by atoms with Crippen molar-refractivity contribution in [1.82, 2.24) is 14.7 Å². The van der Waals surface area contributed by atoms with Crippen LogP contribution in [0.15, 0.2) is 18.3 Å². The number of carbonyl (C=O) groups is 1. The Morgan fingerprint density at radius 1 is 1.32 bits per heavy atom. The molecule has 1 saturated heterocycles. The topological polar surface area (TPSA) is 93.7 Å². The fourth-order valence-corrected chi connectivity index (χ4v) is 4.40. The molecule has 1 saturated carbocycles. The summed E-state index contributed by atoms with van der Waals surface area (Å²) < 4.78 is 7.47. The van der Waals surface area contributed by atoms with E-state index >= 15 is 0 Å². The van der Waals surface area contributed by atoms with Crippen molar-refractivity contribution in [2.24, 2.45) is 5.92 Å². The van der Waals surface area contributed by atoms with Crippen molar-refractivity contribution < 1.29 is 14.5 Å². The van der Waals surface area contributed by atoms with E-state index in [1.807, 2.05) is 31.5 Å². The molecule has 9 nitrogen and oxygen atoms in total. The molecule has 2 heterocycles. The molecule has 9 heteroatoms. The van der Waals surface area contributed by atoms with Crippen molar-refractivity contribution in [1.29, 1.82) is 0 Å². The summed E-state index contributed by atoms with van der Waals surface area (Å²) in [5.41, 5.74) is 1.18. The summed E-state index contributed by atoms with van der Waals surface area (Å²) in [6.45, 7) is 7.51. The average molecular weight is 430 g/mol. The Balaban J connectivity index is 1.57. The van der Waals surface area contributed by atoms with Crippen LogP contribution in [0.3, 0.4) is 0 Å². The number of amides is 1. The zero-order valence-corrected chi connectivity index (χ0v) is 18.7. The Bertz CT molecular complexity index is 992. The molecule has 1 atom stereocenters. The number of fused-ring (bicyclic) bond motifs is 1. The van der Waals surface area contributed by atoms with E-state index in [0.29, 0.717) is 24.8 Å². The number of nitro groups is 1. The number of piperidine rings is 1. The molecular formula is C22H31N5O4. The third kappa shape index (κ3) is 4.60. The first kappa shape index (κ1) is 21.4. The first-order valence-corrected chi connectivity index (χ1v) is 11.0. The molecule has 168 valence electrons. The van der Waals surface area contributed by atoms with E-state index < -0.39 is 5.60 Å². The van der Waals surface area contributed by atoms with Crippen LogP contribution in [0.1, 0.15) is 52.5 Å². The lowest BCUT2D eigenvalue weighted by molar-refractivity contribution is -0.384. The van der Waals surface area contributed by atoms with Gasteiger partial charge in [0.25, 0.3) is 5.69 Å². The van der Waals surface area contributed by atoms with Gasteiger partial charge in [-0.3, -0.25) is 14.8 Å². The smallest absolute Gasteiger partial charge is 0.410 e. The lowest BCUT2D eigenvalue weighted by Crippen LogP contribution is -2.43. The minimum atomic E-state index is -0.540. The van der Waals surface area contributed by atoms with Crippen molar-refractivity contribution in [3.63, 3.8) is 0 Å². The number of carbonyl (C=O) groups excluding carboxylic acids is 1. The molecular weight excluding hydrogens is 398 g/mol. The van der Waals surface area contributed by atoms with Crippen molar-refractivity contribution >= 4 is 28.4 Å². The molecule has 0 bridgehead atoms. The van der Waals surface area contributed by atoms with E-state index in [4.69, 9.17) is 4.74 Å². The van der Waals surface area contributed by atoms with Crippen LogP contribution in [0, 0.1) is 16.0 Å². The van der Waals surface area contributed by atoms with Crippen LogP contribution in [-0.2, 0) is 4.74 Å². The summed E-state index contributed by atoms with van der Waals surface area (Å²) in [5.74, 6) is 0.208. The number of hydrogen-bond acceptors (Lipinski definition) is 6. The number of benzene rings is 1. The zero-order valence-electron chi connectivity index (χ0n) is 18.7. The second-order valence-electron chi connectivity index (χ2n) is 9.76. The van der Waals surface area contributed by atoms with E-state index in [1.54, 1.807) is 24.2 Å². The highest BCUT2D eigenvalue weighted by atomic mass is 16.6. The normalized spacial score (nSPS) is 19.5. The van der Waals surface area contributed by atoms with Crippen LogP contribution in [0.2, 0.25) is 0 Å². The van der Waals surface area contributed by atoms with Gasteiger partial charge in [0, 0.05) is 32.7 Å². The van der Waals surface area contributed by atoms with E-state index in [9.17, 15) is 14.9 Å². The van der Waals surface area contributed by atoms with E-state index in [1.165, 1.54) is 0 Å². The predicted molar refractivity (Wildman–Crippen MR) is 118 cm³/mol. The van der Waals surface area contributed by atoms with Crippen molar-refractivity contribution in [3.8, 4) is 0 Å². The Kier molecular flexibility index (Phi) is 5.53. The molecule has 2 aliphatic rings. The number of rotatable bonds is 5. The number of aromatic nitrogens is 2. The molecule has 31 heavy (non-hydrogen) atoms. The van der Waals surface area contributed by atoms with E-state index in [-0.39, 0.29) is 22.6 Å². The Hall–Kier alpha value is -2.84. The summed E-state index contributed by atoms with van der Waals surface area (Å²) >= 11 is 0. The third-order valence-corrected chi connectivity index (χ3v) is 5.89. The molecule has 1 aromatic carbocycles. The summed E-state index contributed by atoms with van der Waals surface area (Å²) in [4.78, 5) is 27.6. The number of anilines is 1. The number of ether oxygens (including phenoxy) is 1. The van der Waals surface area contributed by atoms with Gasteiger partial charge in [-0.2, -0.15) is 5.10 Å². The third-order valence-electron chi connectivity index (χ3n) is 5.89. The molecule has 4 rings (SSSR count). The Labute approximate surface area is 182 Å². The predicted octanol–water partition coefficient (Wildman–Crippen LogP) is 4.36. The first-order valence-electron chi connectivity index (χ1n) is 11.0. The molecule has 0 spiro atoms. The second-order valence-corrected chi connectivity index (χ2v) is 9.76. The Morgan fingerprint density at radius 3 is 2.71 bits per heavy atom. The Morgan fingerprint density at radius 2 is 2.06 bits per heavy atom. The zero-order chi connectivity index (χ0) is 22.3. The fraction of sp³-hybridized carbons (Fsp3) is 0.636. The van der Waals surface area contributed by atoms with Gasteiger partial charge in [0.15, 0.2) is 0 Å². The summed E-state index contributed by atoms with van der Waals surface area (Å²) in [7, 11) is 1.75. The maximum absolute atomic E-state index is 12.4. The second kappa shape index (κ2) is 8.01. The van der Waals surface area contributed by atoms with Gasteiger partial charge in [-0.1, -0.05) is 0 Å². The molecule has 2 fully saturated rings. The van der Waals surface area contributed by atoms with Crippen LogP contribution in [0.4, 0.5) is 16.2 Å². The van der Waals surface area contributed by atoms with Crippen molar-refractivity contribution in [3.05, 3.63) is 28.4 Å². The first-order chi connectivity index (χ1) is 14.6. The minimum absolute atomic E-state index is 0.115. The van der Waals surface area contributed by atoms with Gasteiger partial charge < -0.3 is 14.5 Å². The van der Waals surface area contributed by atoms with Crippen LogP contribution < -0.4 is 4.90 Å². The van der Waals surface area contributed by atoms with Crippen LogP contribution in [0.25, 0.3) is 10.9 Å². The van der Waals surface area contributed by atoms with Gasteiger partial charge in [-0.15, -0.1) is 0 Å². The van der Waals surface area contributed by atoms with Crippen LogP contribution >= 0.6 is 0 Å². The van der Waals surface area contributed by atoms with Gasteiger partial charge in [0.05, 0.1) is 28.1 Å². The number of hydrogen-bond donors (Lipinski definition) is 0. The minimum Gasteiger partial charge on any atom is -0.444 e. The van der Waals surface area contributed by atoms with E-state index in [0.717, 1.165) is 43.1 Å². The lowest BCUT2D eigenvalue weighted by atomic mass is 9.96. The molecule has 1 aliphatic carbocycles. The van der Waals surface area contributed by atoms with Gasteiger partial charge in [-0.05, 0) is 58.4 Å². The van der Waals surface area contributed by atoms with Crippen LogP contribution in [0.5, 0.6) is 0 Å². The molecule has 0 N–H and O–H groups in total. The fourth-order valence-electron chi connectivity index (χ4n) is 4.40. The summed E-state index contributed by atoms with van der Waals surface area (Å²) in [6, 6.07) is 3.83. The number of nitrogens with zero attached hydrogens (tertiary/aromatic N) is 5. The maximum Gasteiger partial charge on any atom is 0.410 e. The average Bonchev–Trinajstić information content (AvgIpc) is 3.44. The van der Waals surface area contributed by atoms with Crippen LogP contribution in [-0.4, -0.2) is 58.0 Å². The molecule has 1 aromatic heterocycles. The summed E-state index contributed by atoms with van der Waals surface area (Å²) in [6.07, 6.45) is 5.51. The quantitative estimate of drug-likeness (QED) is 0.518. The van der Waals surface area contributed by atoms with Gasteiger partial charge >= 0.3 is 6.09 Å². The maximum atomic E-state index is 12.4. The lowest BCUT2D eigenvalue weighted by Gasteiger charge is -2.36. The molecule has 2 aromatic rings. The largest absolute Gasteiger partial charge is 0.444 e. The van der Waals surface area contributed by atoms with Crippen molar-refractivity contribution in [2.75, 3.05) is 31.6 Å². The van der Waals surface area contributed by atoms with E-state index in [2.05, 4.69) is 10.00 Å². The molecule has 1 amide bonds. The highest BCUT2D eigenvalue weighted by Crippen LogP contribution is 2.42. The van der Waals surface area contributed by atoms with Gasteiger partial charge in [0.1, 0.15) is 11.3 Å². The van der Waals surface area contributed by atoms with Gasteiger partial charge in [-0.25, -0.2) is 4.79 Å². The highest BCUT2D eigenvalue weighted by molar-refractivity contribution is 5.97.